The maximum atomic E-state index is 12.2. The Balaban J connectivity index is 2.90. The van der Waals surface area contributed by atoms with Crippen molar-refractivity contribution in [2.45, 2.75) is 31.3 Å². The smallest absolute Gasteiger partial charge is 0.241 e. The van der Waals surface area contributed by atoms with Crippen LogP contribution in [0, 0.1) is 6.92 Å². The highest BCUT2D eigenvalue weighted by atomic mass is 32.2. The van der Waals surface area contributed by atoms with Crippen LogP contribution in [0.4, 0.5) is 0 Å². The van der Waals surface area contributed by atoms with E-state index in [0.29, 0.717) is 18.0 Å². The van der Waals surface area contributed by atoms with Crippen LogP contribution < -0.4 is 10.0 Å². The van der Waals surface area contributed by atoms with Crippen molar-refractivity contribution in [1.29, 1.82) is 0 Å². The summed E-state index contributed by atoms with van der Waals surface area (Å²) < 4.78 is 31.9. The molecule has 1 heterocycles. The van der Waals surface area contributed by atoms with Gasteiger partial charge in [-0.05, 0) is 27.0 Å². The minimum Gasteiger partial charge on any atom is -0.383 e. The molecule has 7 heteroatoms. The average molecular weight is 292 g/mol. The second-order valence-electron chi connectivity index (χ2n) is 4.14. The third kappa shape index (κ3) is 4.03. The molecule has 0 amide bonds. The molecule has 5 nitrogen and oxygen atoms in total. The number of methoxy groups -OCH3 is 1. The van der Waals surface area contributed by atoms with E-state index in [4.69, 9.17) is 4.74 Å². The number of hydrogen-bond donors (Lipinski definition) is 2. The van der Waals surface area contributed by atoms with Gasteiger partial charge < -0.3 is 10.1 Å². The maximum Gasteiger partial charge on any atom is 0.241 e. The lowest BCUT2D eigenvalue weighted by Crippen LogP contribution is -2.35. The van der Waals surface area contributed by atoms with Crippen molar-refractivity contribution in [2.24, 2.45) is 0 Å². The molecule has 0 spiro atoms. The van der Waals surface area contributed by atoms with Gasteiger partial charge in [0, 0.05) is 29.5 Å². The Kier molecular flexibility index (Phi) is 5.74. The van der Waals surface area contributed by atoms with Crippen LogP contribution in [-0.2, 0) is 21.3 Å². The number of thiophene rings is 1. The SMILES string of the molecule is CNCc1cc(S(=O)(=O)NC(C)COC)c(C)s1. The van der Waals surface area contributed by atoms with E-state index in [1.807, 2.05) is 14.0 Å². The number of aryl methyl sites for hydroxylation is 1. The van der Waals surface area contributed by atoms with E-state index < -0.39 is 10.0 Å². The van der Waals surface area contributed by atoms with Crippen molar-refractivity contribution in [3.8, 4) is 0 Å². The predicted octanol–water partition coefficient (Wildman–Crippen LogP) is 1.09. The van der Waals surface area contributed by atoms with Crippen LogP contribution in [0.3, 0.4) is 0 Å². The fourth-order valence-corrected chi connectivity index (χ4v) is 4.54. The highest BCUT2D eigenvalue weighted by Crippen LogP contribution is 2.25. The molecule has 1 aromatic heterocycles. The van der Waals surface area contributed by atoms with Gasteiger partial charge in [0.25, 0.3) is 0 Å². The zero-order valence-corrected chi connectivity index (χ0v) is 12.7. The Morgan fingerprint density at radius 2 is 2.17 bits per heavy atom. The molecule has 0 radical (unpaired) electrons. The van der Waals surface area contributed by atoms with E-state index in [1.165, 1.54) is 11.3 Å². The topological polar surface area (TPSA) is 67.4 Å². The molecule has 0 aromatic carbocycles. The second kappa shape index (κ2) is 6.63. The first kappa shape index (κ1) is 15.6. The Bertz CT molecular complexity index is 482. The van der Waals surface area contributed by atoms with Crippen LogP contribution in [0.25, 0.3) is 0 Å². The number of hydrogen-bond acceptors (Lipinski definition) is 5. The quantitative estimate of drug-likeness (QED) is 0.789. The zero-order chi connectivity index (χ0) is 13.8. The minimum absolute atomic E-state index is 0.243. The number of nitrogens with one attached hydrogen (secondary N) is 2. The highest BCUT2D eigenvalue weighted by Gasteiger charge is 2.21. The van der Waals surface area contributed by atoms with Gasteiger partial charge in [-0.2, -0.15) is 0 Å². The molecule has 1 aromatic rings. The van der Waals surface area contributed by atoms with E-state index in [2.05, 4.69) is 10.0 Å². The molecule has 2 N–H and O–H groups in total. The van der Waals surface area contributed by atoms with E-state index in [0.717, 1.165) is 9.75 Å². The summed E-state index contributed by atoms with van der Waals surface area (Å²) in [6.07, 6.45) is 0. The number of rotatable bonds is 7. The summed E-state index contributed by atoms with van der Waals surface area (Å²) in [7, 11) is -0.0745. The first-order valence-corrected chi connectivity index (χ1v) is 7.96. The summed E-state index contributed by atoms with van der Waals surface area (Å²) in [5.74, 6) is 0. The van der Waals surface area contributed by atoms with Crippen molar-refractivity contribution in [1.82, 2.24) is 10.0 Å². The molecular weight excluding hydrogens is 272 g/mol. The van der Waals surface area contributed by atoms with Crippen LogP contribution in [0.15, 0.2) is 11.0 Å². The molecule has 1 rings (SSSR count). The van der Waals surface area contributed by atoms with Crippen molar-refractivity contribution in [2.75, 3.05) is 20.8 Å². The standard InChI is InChI=1S/C11H20N2O3S2/c1-8(7-16-4)13-18(14,15)11-5-10(6-12-3)17-9(11)2/h5,8,12-13H,6-7H2,1-4H3. The molecule has 0 aliphatic carbocycles. The Morgan fingerprint density at radius 3 is 2.72 bits per heavy atom. The largest absolute Gasteiger partial charge is 0.383 e. The van der Waals surface area contributed by atoms with Crippen LogP contribution in [-0.4, -0.2) is 35.2 Å². The lowest BCUT2D eigenvalue weighted by Gasteiger charge is -2.12. The van der Waals surface area contributed by atoms with E-state index >= 15 is 0 Å². The summed E-state index contributed by atoms with van der Waals surface area (Å²) in [6.45, 7) is 4.62. The molecule has 0 bridgehead atoms. The van der Waals surface area contributed by atoms with E-state index in [-0.39, 0.29) is 6.04 Å². The molecule has 0 fully saturated rings. The summed E-state index contributed by atoms with van der Waals surface area (Å²) in [5.41, 5.74) is 0. The summed E-state index contributed by atoms with van der Waals surface area (Å²) in [5, 5.41) is 3.01. The Labute approximate surface area is 113 Å². The first-order chi connectivity index (χ1) is 8.40. The van der Waals surface area contributed by atoms with E-state index in [9.17, 15) is 8.42 Å². The lowest BCUT2D eigenvalue weighted by atomic mass is 10.4. The van der Waals surface area contributed by atoms with Gasteiger partial charge >= 0.3 is 0 Å². The van der Waals surface area contributed by atoms with Crippen LogP contribution in [0.5, 0.6) is 0 Å². The van der Waals surface area contributed by atoms with Gasteiger partial charge in [-0.3, -0.25) is 0 Å². The fraction of sp³-hybridized carbons (Fsp3) is 0.636. The molecule has 1 atom stereocenters. The van der Waals surface area contributed by atoms with Gasteiger partial charge in [0.15, 0.2) is 0 Å². The molecule has 0 saturated heterocycles. The first-order valence-electron chi connectivity index (χ1n) is 5.66. The lowest BCUT2D eigenvalue weighted by molar-refractivity contribution is 0.180. The van der Waals surface area contributed by atoms with Gasteiger partial charge in [-0.1, -0.05) is 0 Å². The number of sulfonamides is 1. The van der Waals surface area contributed by atoms with Crippen LogP contribution >= 0.6 is 11.3 Å². The third-order valence-corrected chi connectivity index (χ3v) is 5.23. The molecule has 1 unspecified atom stereocenters. The predicted molar refractivity (Wildman–Crippen MR) is 73.5 cm³/mol. The van der Waals surface area contributed by atoms with Gasteiger partial charge in [0.05, 0.1) is 11.5 Å². The Morgan fingerprint density at radius 1 is 1.50 bits per heavy atom. The van der Waals surface area contributed by atoms with Gasteiger partial charge in [-0.15, -0.1) is 11.3 Å². The maximum absolute atomic E-state index is 12.2. The molecule has 0 saturated carbocycles. The van der Waals surface area contributed by atoms with Gasteiger partial charge in [0.2, 0.25) is 10.0 Å². The molecule has 0 aliphatic heterocycles. The summed E-state index contributed by atoms with van der Waals surface area (Å²) in [6, 6.07) is 1.48. The molecule has 104 valence electrons. The van der Waals surface area contributed by atoms with Crippen LogP contribution in [0.1, 0.15) is 16.7 Å². The molecule has 18 heavy (non-hydrogen) atoms. The summed E-state index contributed by atoms with van der Waals surface area (Å²) >= 11 is 1.49. The molecule has 0 aliphatic rings. The zero-order valence-electron chi connectivity index (χ0n) is 11.1. The Hall–Kier alpha value is -0.470. The second-order valence-corrected chi connectivity index (χ2v) is 7.16. The average Bonchev–Trinajstić information content (AvgIpc) is 2.60. The van der Waals surface area contributed by atoms with Crippen molar-refractivity contribution >= 4 is 21.4 Å². The molecular formula is C11H20N2O3S2. The van der Waals surface area contributed by atoms with Gasteiger partial charge in [-0.25, -0.2) is 13.1 Å². The van der Waals surface area contributed by atoms with E-state index in [1.54, 1.807) is 20.1 Å². The fourth-order valence-electron chi connectivity index (χ4n) is 1.66. The normalized spacial score (nSPS) is 13.8. The van der Waals surface area contributed by atoms with Crippen molar-refractivity contribution in [3.05, 3.63) is 15.8 Å². The minimum atomic E-state index is -3.46. The monoisotopic (exact) mass is 292 g/mol. The number of ether oxygens (including phenoxy) is 1. The van der Waals surface area contributed by atoms with Gasteiger partial charge in [0.1, 0.15) is 0 Å². The third-order valence-electron chi connectivity index (χ3n) is 2.34. The highest BCUT2D eigenvalue weighted by molar-refractivity contribution is 7.89. The summed E-state index contributed by atoms with van der Waals surface area (Å²) in [4.78, 5) is 2.17. The van der Waals surface area contributed by atoms with Crippen molar-refractivity contribution in [3.63, 3.8) is 0 Å². The van der Waals surface area contributed by atoms with Crippen molar-refractivity contribution < 1.29 is 13.2 Å². The van der Waals surface area contributed by atoms with Crippen LogP contribution in [0.2, 0.25) is 0 Å².